The second-order valence-electron chi connectivity index (χ2n) is 4.19. The molecule has 4 nitrogen and oxygen atoms in total. The van der Waals surface area contributed by atoms with E-state index in [1.54, 1.807) is 13.8 Å². The number of nitrogens with zero attached hydrogens (tertiary/aromatic N) is 1. The molecule has 0 aromatic carbocycles. The summed E-state index contributed by atoms with van der Waals surface area (Å²) in [6.45, 7) is 3.95. The first-order valence-corrected chi connectivity index (χ1v) is 5.55. The Morgan fingerprint density at radius 1 is 1.41 bits per heavy atom. The zero-order chi connectivity index (χ0) is 13.6. The van der Waals surface area contributed by atoms with Crippen molar-refractivity contribution in [3.05, 3.63) is 0 Å². The summed E-state index contributed by atoms with van der Waals surface area (Å²) in [5.74, 6) is 4.42. The number of rotatable bonds is 6. The van der Waals surface area contributed by atoms with E-state index in [2.05, 4.69) is 0 Å². The normalized spacial score (nSPS) is 14.2. The van der Waals surface area contributed by atoms with Crippen LogP contribution in [0.5, 0.6) is 0 Å². The van der Waals surface area contributed by atoms with E-state index in [9.17, 15) is 18.0 Å². The van der Waals surface area contributed by atoms with Crippen molar-refractivity contribution in [2.75, 3.05) is 6.54 Å². The molecule has 3 N–H and O–H groups in total. The summed E-state index contributed by atoms with van der Waals surface area (Å²) in [7, 11) is 0. The fourth-order valence-corrected chi connectivity index (χ4v) is 1.68. The number of hydrogen-bond acceptors (Lipinski definition) is 3. The molecule has 0 radical (unpaired) electrons. The highest BCUT2D eigenvalue weighted by Gasteiger charge is 2.37. The van der Waals surface area contributed by atoms with Crippen LogP contribution >= 0.6 is 0 Å². The number of hydrogen-bond donors (Lipinski definition) is 2. The molecule has 0 aliphatic heterocycles. The maximum Gasteiger partial charge on any atom is 0.401 e. The predicted octanol–water partition coefficient (Wildman–Crippen LogP) is 1.42. The van der Waals surface area contributed by atoms with E-state index >= 15 is 0 Å². The molecule has 7 heteroatoms. The highest BCUT2D eigenvalue weighted by atomic mass is 19.4. The van der Waals surface area contributed by atoms with Crippen molar-refractivity contribution in [3.63, 3.8) is 0 Å². The fraction of sp³-hybridized carbons (Fsp3) is 0.900. The molecule has 0 aromatic heterocycles. The van der Waals surface area contributed by atoms with E-state index in [4.69, 9.17) is 5.84 Å². The molecular weight excluding hydrogens is 235 g/mol. The Balaban J connectivity index is 4.89. The van der Waals surface area contributed by atoms with Gasteiger partial charge in [-0.3, -0.25) is 15.1 Å². The van der Waals surface area contributed by atoms with Gasteiger partial charge in [0.05, 0.1) is 12.6 Å². The summed E-state index contributed by atoms with van der Waals surface area (Å²) in [6, 6.07) is -1.22. The molecule has 17 heavy (non-hydrogen) atoms. The highest BCUT2D eigenvalue weighted by Crippen LogP contribution is 2.21. The Morgan fingerprint density at radius 3 is 2.24 bits per heavy atom. The van der Waals surface area contributed by atoms with E-state index in [-0.39, 0.29) is 6.04 Å². The Hall–Kier alpha value is -0.820. The van der Waals surface area contributed by atoms with Crippen LogP contribution in [-0.2, 0) is 4.79 Å². The van der Waals surface area contributed by atoms with Gasteiger partial charge in [0.25, 0.3) is 5.91 Å². The number of nitrogens with one attached hydrogen (secondary N) is 1. The summed E-state index contributed by atoms with van der Waals surface area (Å²) in [4.78, 5) is 12.6. The summed E-state index contributed by atoms with van der Waals surface area (Å²) >= 11 is 0. The summed E-state index contributed by atoms with van der Waals surface area (Å²) in [5.41, 5.74) is 1.92. The molecule has 0 saturated heterocycles. The smallest absolute Gasteiger partial charge is 0.293 e. The molecule has 0 aromatic rings. The van der Waals surface area contributed by atoms with Crippen molar-refractivity contribution in [3.8, 4) is 0 Å². The minimum atomic E-state index is -4.33. The monoisotopic (exact) mass is 255 g/mol. The molecule has 1 unspecified atom stereocenters. The van der Waals surface area contributed by atoms with Gasteiger partial charge < -0.3 is 0 Å². The van der Waals surface area contributed by atoms with E-state index in [1.165, 1.54) is 0 Å². The van der Waals surface area contributed by atoms with E-state index in [0.717, 1.165) is 4.90 Å². The third kappa shape index (κ3) is 5.88. The van der Waals surface area contributed by atoms with Gasteiger partial charge in [0, 0.05) is 6.04 Å². The van der Waals surface area contributed by atoms with Crippen molar-refractivity contribution in [2.45, 2.75) is 51.9 Å². The van der Waals surface area contributed by atoms with Crippen LogP contribution < -0.4 is 11.3 Å². The zero-order valence-corrected chi connectivity index (χ0v) is 10.3. The minimum Gasteiger partial charge on any atom is -0.293 e. The maximum atomic E-state index is 12.4. The van der Waals surface area contributed by atoms with Crippen LogP contribution in [-0.4, -0.2) is 35.6 Å². The Bertz CT molecular complexity index is 243. The topological polar surface area (TPSA) is 58.4 Å². The van der Waals surface area contributed by atoms with Gasteiger partial charge in [0.1, 0.15) is 0 Å². The summed E-state index contributed by atoms with van der Waals surface area (Å²) < 4.78 is 37.3. The van der Waals surface area contributed by atoms with Crippen LogP contribution in [0, 0.1) is 0 Å². The van der Waals surface area contributed by atoms with Crippen molar-refractivity contribution in [1.82, 2.24) is 10.3 Å². The van der Waals surface area contributed by atoms with Crippen molar-refractivity contribution in [2.24, 2.45) is 5.84 Å². The largest absolute Gasteiger partial charge is 0.401 e. The molecule has 0 aliphatic rings. The van der Waals surface area contributed by atoms with Crippen LogP contribution in [0.1, 0.15) is 33.6 Å². The minimum absolute atomic E-state index is 0.345. The van der Waals surface area contributed by atoms with Crippen molar-refractivity contribution >= 4 is 5.91 Å². The van der Waals surface area contributed by atoms with E-state index in [1.807, 2.05) is 12.3 Å². The first-order valence-electron chi connectivity index (χ1n) is 5.55. The van der Waals surface area contributed by atoms with Gasteiger partial charge in [0.2, 0.25) is 0 Å². The number of hydrazine groups is 1. The molecule has 0 spiro atoms. The van der Waals surface area contributed by atoms with E-state index < -0.39 is 24.7 Å². The molecule has 0 aliphatic carbocycles. The third-order valence-corrected chi connectivity index (χ3v) is 2.43. The predicted molar refractivity (Wildman–Crippen MR) is 58.9 cm³/mol. The number of alkyl halides is 3. The lowest BCUT2D eigenvalue weighted by Gasteiger charge is -2.34. The maximum absolute atomic E-state index is 12.4. The van der Waals surface area contributed by atoms with Crippen LogP contribution in [0.4, 0.5) is 13.2 Å². The van der Waals surface area contributed by atoms with Gasteiger partial charge in [-0.1, -0.05) is 13.3 Å². The molecule has 0 bridgehead atoms. The number of carbonyl (C=O) groups excluding carboxylic acids is 1. The quantitative estimate of drug-likeness (QED) is 0.429. The van der Waals surface area contributed by atoms with Crippen LogP contribution in [0.15, 0.2) is 0 Å². The number of halogens is 3. The van der Waals surface area contributed by atoms with Gasteiger partial charge in [-0.2, -0.15) is 13.2 Å². The molecule has 0 fully saturated rings. The highest BCUT2D eigenvalue weighted by molar-refractivity contribution is 5.81. The summed E-state index contributed by atoms with van der Waals surface area (Å²) in [5, 5.41) is 0. The lowest BCUT2D eigenvalue weighted by molar-refractivity contribution is -0.159. The van der Waals surface area contributed by atoms with Crippen LogP contribution in [0.2, 0.25) is 0 Å². The van der Waals surface area contributed by atoms with Gasteiger partial charge in [-0.25, -0.2) is 5.84 Å². The standard InChI is InChI=1S/C10H20F3N3O/c1-4-5-8(9(17)15-14)16(7(2)3)6-10(11,12)13/h7-8H,4-6,14H2,1-3H3,(H,15,17). The second-order valence-corrected chi connectivity index (χ2v) is 4.19. The van der Waals surface area contributed by atoms with Crippen molar-refractivity contribution in [1.29, 1.82) is 0 Å². The Labute approximate surface area is 99.3 Å². The summed E-state index contributed by atoms with van der Waals surface area (Å²) in [6.07, 6.45) is -3.37. The lowest BCUT2D eigenvalue weighted by atomic mass is 10.1. The fourth-order valence-electron chi connectivity index (χ4n) is 1.68. The Morgan fingerprint density at radius 2 is 1.94 bits per heavy atom. The number of amides is 1. The van der Waals surface area contributed by atoms with Crippen LogP contribution in [0.25, 0.3) is 0 Å². The van der Waals surface area contributed by atoms with Crippen LogP contribution in [0.3, 0.4) is 0 Å². The van der Waals surface area contributed by atoms with Gasteiger partial charge in [-0.05, 0) is 20.3 Å². The van der Waals surface area contributed by atoms with Crippen molar-refractivity contribution < 1.29 is 18.0 Å². The average molecular weight is 255 g/mol. The molecule has 1 atom stereocenters. The first-order chi connectivity index (χ1) is 7.72. The van der Waals surface area contributed by atoms with Gasteiger partial charge >= 0.3 is 6.18 Å². The van der Waals surface area contributed by atoms with E-state index in [0.29, 0.717) is 12.8 Å². The molecule has 0 rings (SSSR count). The first kappa shape index (κ1) is 16.2. The lowest BCUT2D eigenvalue weighted by Crippen LogP contribution is -2.54. The number of carbonyl (C=O) groups is 1. The van der Waals surface area contributed by atoms with Gasteiger partial charge in [0.15, 0.2) is 0 Å². The zero-order valence-electron chi connectivity index (χ0n) is 10.3. The SMILES string of the molecule is CCCC(C(=O)NN)N(CC(F)(F)F)C(C)C. The average Bonchev–Trinajstić information content (AvgIpc) is 2.20. The number of nitrogens with two attached hydrogens (primary N) is 1. The second kappa shape index (κ2) is 6.80. The Kier molecular flexibility index (Phi) is 6.48. The van der Waals surface area contributed by atoms with Gasteiger partial charge in [-0.15, -0.1) is 0 Å². The molecule has 1 amide bonds. The third-order valence-electron chi connectivity index (χ3n) is 2.43. The molecule has 102 valence electrons. The molecule has 0 saturated carbocycles. The molecule has 0 heterocycles. The molecular formula is C10H20F3N3O.